The molecule has 0 saturated heterocycles. The summed E-state index contributed by atoms with van der Waals surface area (Å²) in [6, 6.07) is 13.1. The van der Waals surface area contributed by atoms with E-state index in [2.05, 4.69) is 0 Å². The molecule has 0 fully saturated rings. The molecular formula is C16H16N2O2S. The summed E-state index contributed by atoms with van der Waals surface area (Å²) in [5, 5.41) is 0. The van der Waals surface area contributed by atoms with E-state index in [4.69, 9.17) is 10.5 Å². The van der Waals surface area contributed by atoms with Gasteiger partial charge in [0.25, 0.3) is 5.91 Å². The minimum atomic E-state index is -0.0769. The molecule has 5 heteroatoms. The van der Waals surface area contributed by atoms with Gasteiger partial charge in [0.15, 0.2) is 0 Å². The number of para-hydroxylation sites is 1. The fourth-order valence-corrected chi connectivity index (χ4v) is 3.41. The molecule has 0 saturated carbocycles. The normalized spacial score (nSPS) is 13.7. The highest BCUT2D eigenvalue weighted by Gasteiger charge is 2.25. The Morgan fingerprint density at radius 2 is 2.10 bits per heavy atom. The third-order valence-electron chi connectivity index (χ3n) is 3.43. The lowest BCUT2D eigenvalue weighted by Gasteiger charge is -2.29. The second-order valence-corrected chi connectivity index (χ2v) is 5.87. The Hall–Kier alpha value is -2.14. The van der Waals surface area contributed by atoms with E-state index in [1.165, 1.54) is 0 Å². The molecule has 0 spiro atoms. The third-order valence-corrected chi connectivity index (χ3v) is 4.47. The Morgan fingerprint density at radius 3 is 2.90 bits per heavy atom. The number of nitrogens with two attached hydrogens (primary N) is 1. The van der Waals surface area contributed by atoms with E-state index in [1.54, 1.807) is 42.0 Å². The number of benzene rings is 2. The van der Waals surface area contributed by atoms with E-state index in [1.807, 2.05) is 24.3 Å². The summed E-state index contributed by atoms with van der Waals surface area (Å²) in [6.45, 7) is 0.679. The van der Waals surface area contributed by atoms with Crippen molar-refractivity contribution in [3.05, 3.63) is 48.0 Å². The molecule has 0 bridgehead atoms. The monoisotopic (exact) mass is 300 g/mol. The molecule has 1 aliphatic rings. The van der Waals surface area contributed by atoms with Crippen molar-refractivity contribution in [3.8, 4) is 5.75 Å². The van der Waals surface area contributed by atoms with Crippen molar-refractivity contribution in [2.45, 2.75) is 4.90 Å². The van der Waals surface area contributed by atoms with E-state index in [0.717, 1.165) is 16.3 Å². The highest BCUT2D eigenvalue weighted by atomic mass is 32.2. The average Bonchev–Trinajstić information content (AvgIpc) is 2.53. The van der Waals surface area contributed by atoms with Gasteiger partial charge in [0.2, 0.25) is 0 Å². The van der Waals surface area contributed by atoms with Gasteiger partial charge in [0.05, 0.1) is 18.4 Å². The minimum Gasteiger partial charge on any atom is -0.496 e. The molecule has 0 atom stereocenters. The molecule has 0 radical (unpaired) electrons. The number of hydrogen-bond acceptors (Lipinski definition) is 4. The third kappa shape index (κ3) is 2.56. The number of nitrogen functional groups attached to an aromatic ring is 1. The molecule has 4 nitrogen and oxygen atoms in total. The molecule has 0 unspecified atom stereocenters. The summed E-state index contributed by atoms with van der Waals surface area (Å²) < 4.78 is 5.29. The zero-order valence-electron chi connectivity index (χ0n) is 11.7. The summed E-state index contributed by atoms with van der Waals surface area (Å²) >= 11 is 1.77. The van der Waals surface area contributed by atoms with E-state index in [0.29, 0.717) is 23.5 Å². The summed E-state index contributed by atoms with van der Waals surface area (Å²) in [7, 11) is 1.56. The number of anilines is 2. The number of hydrogen-bond donors (Lipinski definition) is 1. The Labute approximate surface area is 127 Å². The molecule has 2 aromatic carbocycles. The van der Waals surface area contributed by atoms with Crippen molar-refractivity contribution in [2.75, 3.05) is 30.0 Å². The average molecular weight is 300 g/mol. The van der Waals surface area contributed by atoms with Crippen LogP contribution in [0, 0.1) is 0 Å². The maximum absolute atomic E-state index is 12.9. The van der Waals surface area contributed by atoms with Crippen molar-refractivity contribution in [2.24, 2.45) is 0 Å². The lowest BCUT2D eigenvalue weighted by molar-refractivity contribution is 0.0985. The maximum atomic E-state index is 12.9. The van der Waals surface area contributed by atoms with Crippen molar-refractivity contribution >= 4 is 29.0 Å². The molecule has 2 N–H and O–H groups in total. The first-order chi connectivity index (χ1) is 10.2. The molecule has 3 rings (SSSR count). The van der Waals surface area contributed by atoms with Gasteiger partial charge >= 0.3 is 0 Å². The fourth-order valence-electron chi connectivity index (χ4n) is 2.42. The number of fused-ring (bicyclic) bond motifs is 1. The van der Waals surface area contributed by atoms with Crippen LogP contribution in [0.4, 0.5) is 11.4 Å². The quantitative estimate of drug-likeness (QED) is 0.866. The number of carbonyl (C=O) groups is 1. The molecular weight excluding hydrogens is 284 g/mol. The van der Waals surface area contributed by atoms with Crippen LogP contribution in [0.2, 0.25) is 0 Å². The number of carbonyl (C=O) groups excluding carboxylic acids is 1. The van der Waals surface area contributed by atoms with Crippen LogP contribution >= 0.6 is 11.8 Å². The SMILES string of the molecule is COc1ccc(N)cc1C(=O)N1CCSc2ccccc21. The van der Waals surface area contributed by atoms with Gasteiger partial charge in [-0.25, -0.2) is 0 Å². The Morgan fingerprint density at radius 1 is 1.29 bits per heavy atom. The van der Waals surface area contributed by atoms with Crippen LogP contribution in [0.5, 0.6) is 5.75 Å². The second kappa shape index (κ2) is 5.69. The van der Waals surface area contributed by atoms with Gasteiger partial charge in [0.1, 0.15) is 5.75 Å². The Balaban J connectivity index is 2.02. The summed E-state index contributed by atoms with van der Waals surface area (Å²) in [4.78, 5) is 15.8. The lowest BCUT2D eigenvalue weighted by atomic mass is 10.1. The van der Waals surface area contributed by atoms with Crippen molar-refractivity contribution in [1.29, 1.82) is 0 Å². The number of rotatable bonds is 2. The largest absolute Gasteiger partial charge is 0.496 e. The molecule has 108 valence electrons. The van der Waals surface area contributed by atoms with Gasteiger partial charge in [-0.3, -0.25) is 4.79 Å². The summed E-state index contributed by atoms with van der Waals surface area (Å²) in [5.41, 5.74) is 7.81. The van der Waals surface area contributed by atoms with Gasteiger partial charge in [-0.1, -0.05) is 12.1 Å². The highest BCUT2D eigenvalue weighted by molar-refractivity contribution is 7.99. The number of methoxy groups -OCH3 is 1. The summed E-state index contributed by atoms with van der Waals surface area (Å²) in [5.74, 6) is 1.35. The smallest absolute Gasteiger partial charge is 0.262 e. The zero-order chi connectivity index (χ0) is 14.8. The highest BCUT2D eigenvalue weighted by Crippen LogP contribution is 2.36. The van der Waals surface area contributed by atoms with E-state index in [9.17, 15) is 4.79 Å². The first kappa shape index (κ1) is 13.8. The van der Waals surface area contributed by atoms with Crippen LogP contribution in [0.25, 0.3) is 0 Å². The Kier molecular flexibility index (Phi) is 3.75. The van der Waals surface area contributed by atoms with E-state index in [-0.39, 0.29) is 5.91 Å². The molecule has 1 heterocycles. The lowest BCUT2D eigenvalue weighted by Crippen LogP contribution is -2.35. The minimum absolute atomic E-state index is 0.0769. The van der Waals surface area contributed by atoms with E-state index < -0.39 is 0 Å². The Bertz CT molecular complexity index is 688. The molecule has 2 aromatic rings. The van der Waals surface area contributed by atoms with Crippen molar-refractivity contribution in [3.63, 3.8) is 0 Å². The first-order valence-corrected chi connectivity index (χ1v) is 7.66. The van der Waals surface area contributed by atoms with Crippen LogP contribution in [0.15, 0.2) is 47.4 Å². The van der Waals surface area contributed by atoms with Crippen LogP contribution < -0.4 is 15.4 Å². The topological polar surface area (TPSA) is 55.6 Å². The van der Waals surface area contributed by atoms with Gasteiger partial charge in [0, 0.05) is 22.9 Å². The van der Waals surface area contributed by atoms with Gasteiger partial charge in [-0.2, -0.15) is 0 Å². The standard InChI is InChI=1S/C16H16N2O2S/c1-20-14-7-6-11(17)10-12(14)16(19)18-8-9-21-15-5-3-2-4-13(15)18/h2-7,10H,8-9,17H2,1H3. The number of thioether (sulfide) groups is 1. The van der Waals surface area contributed by atoms with Crippen LogP contribution in [0.1, 0.15) is 10.4 Å². The molecule has 1 amide bonds. The van der Waals surface area contributed by atoms with Gasteiger partial charge in [-0.05, 0) is 30.3 Å². The van der Waals surface area contributed by atoms with Crippen molar-refractivity contribution < 1.29 is 9.53 Å². The molecule has 1 aliphatic heterocycles. The fraction of sp³-hybridized carbons (Fsp3) is 0.188. The summed E-state index contributed by atoms with van der Waals surface area (Å²) in [6.07, 6.45) is 0. The number of nitrogens with zero attached hydrogens (tertiary/aromatic N) is 1. The number of ether oxygens (including phenoxy) is 1. The molecule has 0 aromatic heterocycles. The predicted molar refractivity (Wildman–Crippen MR) is 86.2 cm³/mol. The zero-order valence-corrected chi connectivity index (χ0v) is 12.5. The molecule has 21 heavy (non-hydrogen) atoms. The van der Waals surface area contributed by atoms with Crippen LogP contribution in [0.3, 0.4) is 0 Å². The van der Waals surface area contributed by atoms with Crippen LogP contribution in [-0.4, -0.2) is 25.3 Å². The molecule has 0 aliphatic carbocycles. The maximum Gasteiger partial charge on any atom is 0.262 e. The predicted octanol–water partition coefficient (Wildman–Crippen LogP) is 3.03. The van der Waals surface area contributed by atoms with Gasteiger partial charge in [-0.15, -0.1) is 11.8 Å². The second-order valence-electron chi connectivity index (χ2n) is 4.73. The van der Waals surface area contributed by atoms with Gasteiger partial charge < -0.3 is 15.4 Å². The van der Waals surface area contributed by atoms with Crippen LogP contribution in [-0.2, 0) is 0 Å². The van der Waals surface area contributed by atoms with Crippen molar-refractivity contribution in [1.82, 2.24) is 0 Å². The van der Waals surface area contributed by atoms with E-state index >= 15 is 0 Å². The number of amides is 1. The first-order valence-electron chi connectivity index (χ1n) is 6.68.